The van der Waals surface area contributed by atoms with Crippen molar-refractivity contribution in [3.63, 3.8) is 0 Å². The van der Waals surface area contributed by atoms with Crippen molar-refractivity contribution < 1.29 is 4.79 Å². The first-order valence-electron chi connectivity index (χ1n) is 5.35. The van der Waals surface area contributed by atoms with Gasteiger partial charge in [-0.25, -0.2) is 0 Å². The highest BCUT2D eigenvalue weighted by atomic mass is 79.9. The Morgan fingerprint density at radius 2 is 1.58 bits per heavy atom. The highest BCUT2D eigenvalue weighted by Gasteiger charge is 2.18. The molecule has 0 bridgehead atoms. The zero-order valence-corrected chi connectivity index (χ0v) is 13.7. The topological polar surface area (TPSA) is 17.1 Å². The molecule has 98 valence electrons. The molecule has 0 saturated heterocycles. The van der Waals surface area contributed by atoms with Crippen molar-refractivity contribution in [3.05, 3.63) is 66.6 Å². The van der Waals surface area contributed by atoms with E-state index in [0.29, 0.717) is 10.6 Å². The Labute approximate surface area is 134 Å². The first-order valence-corrected chi connectivity index (χ1v) is 7.27. The first-order chi connectivity index (χ1) is 8.88. The number of carbonyl (C=O) groups is 1. The lowest BCUT2D eigenvalue weighted by Crippen LogP contribution is -2.04. The Kier molecular flexibility index (Phi) is 4.57. The van der Waals surface area contributed by atoms with E-state index in [2.05, 4.69) is 15.9 Å². The molecule has 0 N–H and O–H groups in total. The second-order valence-electron chi connectivity index (χ2n) is 4.09. The van der Waals surface area contributed by atoms with Crippen LogP contribution in [0.3, 0.4) is 0 Å². The van der Waals surface area contributed by atoms with Crippen LogP contribution < -0.4 is 0 Å². The summed E-state index contributed by atoms with van der Waals surface area (Å²) in [6.45, 7) is 1.91. The van der Waals surface area contributed by atoms with Crippen LogP contribution in [0.4, 0.5) is 0 Å². The fourth-order valence-corrected chi connectivity index (χ4v) is 3.37. The zero-order chi connectivity index (χ0) is 14.2. The molecule has 0 spiro atoms. The Hall–Kier alpha value is -0.540. The van der Waals surface area contributed by atoms with Gasteiger partial charge in [0, 0.05) is 15.1 Å². The van der Waals surface area contributed by atoms with Crippen LogP contribution in [0.25, 0.3) is 0 Å². The molecular weight excluding hydrogens is 370 g/mol. The molecule has 5 heteroatoms. The zero-order valence-electron chi connectivity index (χ0n) is 9.81. The summed E-state index contributed by atoms with van der Waals surface area (Å²) in [4.78, 5) is 12.5. The normalized spacial score (nSPS) is 10.6. The molecule has 0 amide bonds. The minimum atomic E-state index is -0.226. The Bertz CT molecular complexity index is 624. The molecule has 0 saturated carbocycles. The number of rotatable bonds is 2. The predicted octanol–water partition coefficient (Wildman–Crippen LogP) is 5.95. The Balaban J connectivity index is 2.56. The fraction of sp³-hybridized carbons (Fsp3) is 0.0714. The number of benzene rings is 2. The minimum Gasteiger partial charge on any atom is -0.288 e. The first kappa shape index (κ1) is 14.9. The van der Waals surface area contributed by atoms with Crippen molar-refractivity contribution in [2.75, 3.05) is 0 Å². The monoisotopic (exact) mass is 376 g/mol. The van der Waals surface area contributed by atoms with E-state index in [1.807, 2.05) is 13.0 Å². The molecule has 2 aromatic carbocycles. The molecule has 0 fully saturated rings. The number of carbonyl (C=O) groups excluding carboxylic acids is 1. The highest BCUT2D eigenvalue weighted by molar-refractivity contribution is 9.10. The largest absolute Gasteiger partial charge is 0.288 e. The standard InChI is InChI=1S/C14H8BrCl3O/c1-7-2-8(4-9(15)3-7)14(19)13-11(17)5-10(16)6-12(13)18/h2-6H,1H3. The van der Waals surface area contributed by atoms with Gasteiger partial charge in [0.2, 0.25) is 0 Å². The van der Waals surface area contributed by atoms with Crippen LogP contribution in [0.15, 0.2) is 34.8 Å². The van der Waals surface area contributed by atoms with Crippen LogP contribution >= 0.6 is 50.7 Å². The lowest BCUT2D eigenvalue weighted by Gasteiger charge is -2.08. The fourth-order valence-electron chi connectivity index (χ4n) is 1.77. The van der Waals surface area contributed by atoms with Crippen molar-refractivity contribution in [3.8, 4) is 0 Å². The van der Waals surface area contributed by atoms with Crippen molar-refractivity contribution in [1.82, 2.24) is 0 Å². The van der Waals surface area contributed by atoms with Gasteiger partial charge in [0.05, 0.1) is 15.6 Å². The quantitative estimate of drug-likeness (QED) is 0.590. The number of hydrogen-bond donors (Lipinski definition) is 0. The van der Waals surface area contributed by atoms with Gasteiger partial charge in [-0.3, -0.25) is 4.79 Å². The summed E-state index contributed by atoms with van der Waals surface area (Å²) in [5, 5.41) is 0.900. The average Bonchev–Trinajstić information content (AvgIpc) is 2.25. The summed E-state index contributed by atoms with van der Waals surface area (Å²) in [7, 11) is 0. The summed E-state index contributed by atoms with van der Waals surface area (Å²) < 4.78 is 0.831. The molecule has 0 atom stereocenters. The molecular formula is C14H8BrCl3O. The smallest absolute Gasteiger partial charge is 0.196 e. The summed E-state index contributed by atoms with van der Waals surface area (Å²) >= 11 is 21.3. The van der Waals surface area contributed by atoms with E-state index < -0.39 is 0 Å². The molecule has 0 unspecified atom stereocenters. The second-order valence-corrected chi connectivity index (χ2v) is 6.26. The lowest BCUT2D eigenvalue weighted by molar-refractivity contribution is 0.103. The molecule has 2 aromatic rings. The van der Waals surface area contributed by atoms with E-state index in [-0.39, 0.29) is 21.4 Å². The molecule has 0 heterocycles. The van der Waals surface area contributed by atoms with Crippen LogP contribution in [0, 0.1) is 6.92 Å². The van der Waals surface area contributed by atoms with Gasteiger partial charge in [-0.05, 0) is 42.8 Å². The molecule has 0 aromatic heterocycles. The van der Waals surface area contributed by atoms with Crippen LogP contribution in [0.1, 0.15) is 21.5 Å². The van der Waals surface area contributed by atoms with Crippen LogP contribution in [-0.2, 0) is 0 Å². The third-order valence-corrected chi connectivity index (χ3v) is 3.81. The van der Waals surface area contributed by atoms with Gasteiger partial charge in [-0.2, -0.15) is 0 Å². The van der Waals surface area contributed by atoms with Gasteiger partial charge in [-0.15, -0.1) is 0 Å². The molecule has 1 nitrogen and oxygen atoms in total. The van der Waals surface area contributed by atoms with Crippen LogP contribution in [0.5, 0.6) is 0 Å². The van der Waals surface area contributed by atoms with Gasteiger partial charge < -0.3 is 0 Å². The SMILES string of the molecule is Cc1cc(Br)cc(C(=O)c2c(Cl)cc(Cl)cc2Cl)c1. The van der Waals surface area contributed by atoms with E-state index in [4.69, 9.17) is 34.8 Å². The lowest BCUT2D eigenvalue weighted by atomic mass is 10.0. The number of ketones is 1. The van der Waals surface area contributed by atoms with E-state index in [0.717, 1.165) is 10.0 Å². The summed E-state index contributed by atoms with van der Waals surface area (Å²) in [6.07, 6.45) is 0. The van der Waals surface area contributed by atoms with Crippen molar-refractivity contribution in [1.29, 1.82) is 0 Å². The predicted molar refractivity (Wildman–Crippen MR) is 83.8 cm³/mol. The molecule has 0 aliphatic heterocycles. The third-order valence-electron chi connectivity index (χ3n) is 2.54. The molecule has 0 aliphatic rings. The molecule has 19 heavy (non-hydrogen) atoms. The maximum Gasteiger partial charge on any atom is 0.196 e. The molecule has 2 rings (SSSR count). The summed E-state index contributed by atoms with van der Waals surface area (Å²) in [5.74, 6) is -0.226. The van der Waals surface area contributed by atoms with E-state index >= 15 is 0 Å². The Morgan fingerprint density at radius 3 is 2.11 bits per heavy atom. The van der Waals surface area contributed by atoms with Gasteiger partial charge in [0.1, 0.15) is 0 Å². The van der Waals surface area contributed by atoms with Crippen molar-refractivity contribution in [2.24, 2.45) is 0 Å². The van der Waals surface area contributed by atoms with Crippen LogP contribution in [0.2, 0.25) is 15.1 Å². The van der Waals surface area contributed by atoms with Crippen molar-refractivity contribution in [2.45, 2.75) is 6.92 Å². The number of aryl methyl sites for hydroxylation is 1. The second kappa shape index (κ2) is 5.84. The van der Waals surface area contributed by atoms with Gasteiger partial charge in [0.25, 0.3) is 0 Å². The Morgan fingerprint density at radius 1 is 1.00 bits per heavy atom. The third kappa shape index (κ3) is 3.32. The van der Waals surface area contributed by atoms with E-state index in [1.165, 1.54) is 12.1 Å². The number of halogens is 4. The molecule has 0 radical (unpaired) electrons. The van der Waals surface area contributed by atoms with E-state index in [9.17, 15) is 4.79 Å². The summed E-state index contributed by atoms with van der Waals surface area (Å²) in [6, 6.07) is 8.45. The number of hydrogen-bond acceptors (Lipinski definition) is 1. The minimum absolute atomic E-state index is 0.226. The highest BCUT2D eigenvalue weighted by Crippen LogP contribution is 2.31. The van der Waals surface area contributed by atoms with Crippen molar-refractivity contribution >= 4 is 56.5 Å². The van der Waals surface area contributed by atoms with Crippen LogP contribution in [-0.4, -0.2) is 5.78 Å². The maximum absolute atomic E-state index is 12.5. The van der Waals surface area contributed by atoms with Gasteiger partial charge in [-0.1, -0.05) is 50.7 Å². The van der Waals surface area contributed by atoms with E-state index in [1.54, 1.807) is 12.1 Å². The molecule has 0 aliphatic carbocycles. The van der Waals surface area contributed by atoms with Gasteiger partial charge >= 0.3 is 0 Å². The van der Waals surface area contributed by atoms with Gasteiger partial charge in [0.15, 0.2) is 5.78 Å². The summed E-state index contributed by atoms with van der Waals surface area (Å²) in [5.41, 5.74) is 1.77. The average molecular weight is 378 g/mol. The maximum atomic E-state index is 12.5.